The summed E-state index contributed by atoms with van der Waals surface area (Å²) in [6, 6.07) is 1.55. The van der Waals surface area contributed by atoms with Gasteiger partial charge >= 0.3 is 0 Å². The Morgan fingerprint density at radius 2 is 2.33 bits per heavy atom. The molecule has 1 atom stereocenters. The van der Waals surface area contributed by atoms with Gasteiger partial charge in [-0.3, -0.25) is 4.79 Å². The normalized spacial score (nSPS) is 18.6. The van der Waals surface area contributed by atoms with Crippen molar-refractivity contribution in [2.75, 3.05) is 13.2 Å². The zero-order valence-electron chi connectivity index (χ0n) is 10.0. The molecule has 6 heteroatoms. The van der Waals surface area contributed by atoms with Crippen LogP contribution in [0, 0.1) is 5.92 Å². The van der Waals surface area contributed by atoms with Gasteiger partial charge in [-0.2, -0.15) is 0 Å². The van der Waals surface area contributed by atoms with Gasteiger partial charge in [0.2, 0.25) is 5.91 Å². The van der Waals surface area contributed by atoms with Crippen LogP contribution in [0.15, 0.2) is 15.9 Å². The van der Waals surface area contributed by atoms with E-state index in [0.29, 0.717) is 19.8 Å². The van der Waals surface area contributed by atoms with Crippen molar-refractivity contribution < 1.29 is 9.53 Å². The van der Waals surface area contributed by atoms with Crippen LogP contribution in [0.3, 0.4) is 0 Å². The molecule has 0 aliphatic carbocycles. The van der Waals surface area contributed by atoms with Crippen molar-refractivity contribution in [2.24, 2.45) is 11.7 Å². The summed E-state index contributed by atoms with van der Waals surface area (Å²) in [4.78, 5) is 13.1. The van der Waals surface area contributed by atoms with E-state index in [1.165, 1.54) is 0 Å². The Morgan fingerprint density at radius 1 is 1.61 bits per heavy atom. The monoisotopic (exact) mass is 332 g/mol. The molecule has 1 unspecified atom stereocenters. The first-order valence-corrected chi connectivity index (χ1v) is 7.68. The van der Waals surface area contributed by atoms with Gasteiger partial charge in [0.25, 0.3) is 0 Å². The molecular formula is C12H17BrN2O2S. The molecule has 1 aromatic rings. The van der Waals surface area contributed by atoms with Crippen LogP contribution in [0.1, 0.15) is 17.7 Å². The molecule has 1 saturated heterocycles. The van der Waals surface area contributed by atoms with Gasteiger partial charge < -0.3 is 15.8 Å². The number of hydrogen-bond acceptors (Lipinski definition) is 4. The molecule has 4 nitrogen and oxygen atoms in total. The van der Waals surface area contributed by atoms with Crippen molar-refractivity contribution in [3.05, 3.63) is 20.8 Å². The summed E-state index contributed by atoms with van der Waals surface area (Å²) >= 11 is 5.06. The van der Waals surface area contributed by atoms with Crippen LogP contribution < -0.4 is 11.1 Å². The topological polar surface area (TPSA) is 64.4 Å². The van der Waals surface area contributed by atoms with Crippen molar-refractivity contribution >= 4 is 33.2 Å². The second-order valence-corrected chi connectivity index (χ2v) is 6.24. The molecule has 0 saturated carbocycles. The lowest BCUT2D eigenvalue weighted by Crippen LogP contribution is -2.46. The second-order valence-electron chi connectivity index (χ2n) is 4.39. The number of carbonyl (C=O) groups excluding carboxylic acids is 1. The van der Waals surface area contributed by atoms with E-state index in [2.05, 4.69) is 21.2 Å². The second kappa shape index (κ2) is 6.65. The molecule has 1 amide bonds. The zero-order chi connectivity index (χ0) is 13.0. The van der Waals surface area contributed by atoms with Crippen LogP contribution in [0.2, 0.25) is 0 Å². The molecule has 3 N–H and O–H groups in total. The van der Waals surface area contributed by atoms with Crippen LogP contribution in [0.25, 0.3) is 0 Å². The average Bonchev–Trinajstić information content (AvgIpc) is 2.81. The Kier molecular flexibility index (Phi) is 5.17. The third kappa shape index (κ3) is 3.54. The van der Waals surface area contributed by atoms with E-state index in [0.717, 1.165) is 22.2 Å². The summed E-state index contributed by atoms with van der Waals surface area (Å²) in [6.07, 6.45) is 1.74. The molecular weight excluding hydrogens is 316 g/mol. The maximum absolute atomic E-state index is 12.0. The SMILES string of the molecule is NC(C(=O)NCc1sccc1Br)C1CCOCC1. The van der Waals surface area contributed by atoms with Crippen molar-refractivity contribution in [2.45, 2.75) is 25.4 Å². The smallest absolute Gasteiger partial charge is 0.237 e. The van der Waals surface area contributed by atoms with Gasteiger partial charge in [0.15, 0.2) is 0 Å². The summed E-state index contributed by atoms with van der Waals surface area (Å²) in [5, 5.41) is 4.89. The fourth-order valence-electron chi connectivity index (χ4n) is 2.03. The third-order valence-corrected chi connectivity index (χ3v) is 5.12. The molecule has 0 aromatic carbocycles. The van der Waals surface area contributed by atoms with Gasteiger partial charge in [0, 0.05) is 22.6 Å². The molecule has 1 aliphatic heterocycles. The van der Waals surface area contributed by atoms with Gasteiger partial charge in [0.05, 0.1) is 12.6 Å². The van der Waals surface area contributed by atoms with Gasteiger partial charge in [-0.25, -0.2) is 0 Å². The predicted octanol–water partition coefficient (Wildman–Crippen LogP) is 1.88. The molecule has 0 bridgehead atoms. The number of thiophene rings is 1. The highest BCUT2D eigenvalue weighted by atomic mass is 79.9. The highest BCUT2D eigenvalue weighted by Gasteiger charge is 2.26. The molecule has 100 valence electrons. The van der Waals surface area contributed by atoms with E-state index in [1.807, 2.05) is 11.4 Å². The quantitative estimate of drug-likeness (QED) is 0.884. The van der Waals surface area contributed by atoms with Crippen LogP contribution in [-0.2, 0) is 16.1 Å². The first-order valence-electron chi connectivity index (χ1n) is 6.01. The Labute approximate surface area is 119 Å². The molecule has 0 radical (unpaired) electrons. The largest absolute Gasteiger partial charge is 0.381 e. The molecule has 1 aromatic heterocycles. The van der Waals surface area contributed by atoms with Crippen molar-refractivity contribution in [1.82, 2.24) is 5.32 Å². The van der Waals surface area contributed by atoms with E-state index in [9.17, 15) is 4.79 Å². The number of nitrogens with two attached hydrogens (primary N) is 1. The number of amides is 1. The number of rotatable bonds is 4. The van der Waals surface area contributed by atoms with E-state index >= 15 is 0 Å². The predicted molar refractivity (Wildman–Crippen MR) is 75.4 cm³/mol. The van der Waals surface area contributed by atoms with E-state index in [-0.39, 0.29) is 11.8 Å². The number of ether oxygens (including phenoxy) is 1. The van der Waals surface area contributed by atoms with Crippen molar-refractivity contribution in [3.63, 3.8) is 0 Å². The summed E-state index contributed by atoms with van der Waals surface area (Å²) in [7, 11) is 0. The lowest BCUT2D eigenvalue weighted by molar-refractivity contribution is -0.124. The molecule has 2 rings (SSSR count). The zero-order valence-corrected chi connectivity index (χ0v) is 12.4. The summed E-state index contributed by atoms with van der Waals surface area (Å²) in [5.41, 5.74) is 5.99. The van der Waals surface area contributed by atoms with Crippen molar-refractivity contribution in [3.8, 4) is 0 Å². The lowest BCUT2D eigenvalue weighted by Gasteiger charge is -2.26. The molecule has 1 aliphatic rings. The van der Waals surface area contributed by atoms with E-state index < -0.39 is 6.04 Å². The first-order chi connectivity index (χ1) is 8.68. The Hall–Kier alpha value is -0.430. The molecule has 0 spiro atoms. The maximum Gasteiger partial charge on any atom is 0.237 e. The van der Waals surface area contributed by atoms with Gasteiger partial charge in [0.1, 0.15) is 0 Å². The minimum absolute atomic E-state index is 0.0674. The fourth-order valence-corrected chi connectivity index (χ4v) is 3.46. The van der Waals surface area contributed by atoms with Crippen LogP contribution >= 0.6 is 27.3 Å². The first kappa shape index (κ1) is 14.0. The Bertz CT molecular complexity index is 405. The van der Waals surface area contributed by atoms with Gasteiger partial charge in [-0.1, -0.05) is 0 Å². The molecule has 2 heterocycles. The molecule has 18 heavy (non-hydrogen) atoms. The van der Waals surface area contributed by atoms with Gasteiger partial charge in [-0.15, -0.1) is 11.3 Å². The number of carbonyl (C=O) groups is 1. The van der Waals surface area contributed by atoms with E-state index in [1.54, 1.807) is 11.3 Å². The lowest BCUT2D eigenvalue weighted by atomic mass is 9.92. The summed E-state index contributed by atoms with van der Waals surface area (Å²) in [5.74, 6) is 0.174. The van der Waals surface area contributed by atoms with Crippen molar-refractivity contribution in [1.29, 1.82) is 0 Å². The van der Waals surface area contributed by atoms with Crippen LogP contribution in [0.4, 0.5) is 0 Å². The van der Waals surface area contributed by atoms with E-state index in [4.69, 9.17) is 10.5 Å². The summed E-state index contributed by atoms with van der Waals surface area (Å²) in [6.45, 7) is 1.96. The number of halogens is 1. The maximum atomic E-state index is 12.0. The third-order valence-electron chi connectivity index (χ3n) is 3.19. The molecule has 1 fully saturated rings. The van der Waals surface area contributed by atoms with Gasteiger partial charge in [-0.05, 0) is 46.1 Å². The minimum Gasteiger partial charge on any atom is -0.381 e. The summed E-state index contributed by atoms with van der Waals surface area (Å²) < 4.78 is 6.31. The highest BCUT2D eigenvalue weighted by Crippen LogP contribution is 2.22. The Morgan fingerprint density at radius 3 is 2.94 bits per heavy atom. The minimum atomic E-state index is -0.423. The fraction of sp³-hybridized carbons (Fsp3) is 0.583. The van der Waals surface area contributed by atoms with Crippen LogP contribution in [-0.4, -0.2) is 25.2 Å². The van der Waals surface area contributed by atoms with Crippen LogP contribution in [0.5, 0.6) is 0 Å². The highest BCUT2D eigenvalue weighted by molar-refractivity contribution is 9.10. The standard InChI is InChI=1S/C12H17BrN2O2S/c13-9-3-6-18-10(9)7-15-12(16)11(14)8-1-4-17-5-2-8/h3,6,8,11H,1-2,4-5,7,14H2,(H,15,16). The Balaban J connectivity index is 1.82. The number of nitrogens with one attached hydrogen (secondary N) is 1. The number of hydrogen-bond donors (Lipinski definition) is 2. The average molecular weight is 333 g/mol.